The van der Waals surface area contributed by atoms with Crippen molar-refractivity contribution in [3.8, 4) is 11.3 Å². The van der Waals surface area contributed by atoms with Crippen LogP contribution in [0, 0.1) is 5.92 Å². The number of benzene rings is 1. The second-order valence-corrected chi connectivity index (χ2v) is 6.29. The fraction of sp³-hybridized carbons (Fsp3) is 0.294. The van der Waals surface area contributed by atoms with Crippen LogP contribution < -0.4 is 4.90 Å². The maximum atomic E-state index is 11.1. The zero-order valence-electron chi connectivity index (χ0n) is 12.8. The highest BCUT2D eigenvalue weighted by atomic mass is 32.1. The van der Waals surface area contributed by atoms with Crippen LogP contribution in [0.1, 0.15) is 13.8 Å². The van der Waals surface area contributed by atoms with Crippen LogP contribution in [0.15, 0.2) is 47.9 Å². The van der Waals surface area contributed by atoms with Crippen molar-refractivity contribution in [1.29, 1.82) is 0 Å². The molecule has 0 radical (unpaired) electrons. The van der Waals surface area contributed by atoms with Gasteiger partial charge in [0.25, 0.3) is 0 Å². The van der Waals surface area contributed by atoms with E-state index in [0.717, 1.165) is 22.0 Å². The SMILES string of the molecule is C=C(C)CN(CC(C)C(=O)O)c1nc(-c2ccccc2)cs1. The number of hydrogen-bond acceptors (Lipinski definition) is 4. The Morgan fingerprint density at radius 2 is 2.09 bits per heavy atom. The van der Waals surface area contributed by atoms with Gasteiger partial charge in [-0.25, -0.2) is 4.98 Å². The molecule has 22 heavy (non-hydrogen) atoms. The molecule has 0 saturated heterocycles. The summed E-state index contributed by atoms with van der Waals surface area (Å²) in [6.07, 6.45) is 0. The lowest BCUT2D eigenvalue weighted by atomic mass is 10.1. The number of aromatic nitrogens is 1. The number of nitrogens with zero attached hydrogens (tertiary/aromatic N) is 2. The third kappa shape index (κ3) is 4.18. The normalized spacial score (nSPS) is 11.9. The number of rotatable bonds is 7. The molecule has 116 valence electrons. The number of carboxylic acid groups (broad SMARTS) is 1. The Morgan fingerprint density at radius 3 is 2.68 bits per heavy atom. The van der Waals surface area contributed by atoms with Crippen molar-refractivity contribution in [3.63, 3.8) is 0 Å². The Morgan fingerprint density at radius 1 is 1.41 bits per heavy atom. The Hall–Kier alpha value is -2.14. The molecule has 4 nitrogen and oxygen atoms in total. The van der Waals surface area contributed by atoms with E-state index in [9.17, 15) is 4.79 Å². The third-order valence-corrected chi connectivity index (χ3v) is 4.11. The number of carbonyl (C=O) groups is 1. The predicted octanol–water partition coefficient (Wildman–Crippen LogP) is 3.91. The largest absolute Gasteiger partial charge is 0.481 e. The molecule has 0 aliphatic rings. The molecule has 1 N–H and O–H groups in total. The van der Waals surface area contributed by atoms with E-state index in [4.69, 9.17) is 5.11 Å². The van der Waals surface area contributed by atoms with Gasteiger partial charge >= 0.3 is 5.97 Å². The molecule has 0 amide bonds. The molecular weight excluding hydrogens is 296 g/mol. The molecule has 1 atom stereocenters. The van der Waals surface area contributed by atoms with Crippen LogP contribution in [-0.2, 0) is 4.79 Å². The molecule has 1 unspecified atom stereocenters. The Bertz CT molecular complexity index is 652. The van der Waals surface area contributed by atoms with E-state index in [-0.39, 0.29) is 0 Å². The molecule has 0 saturated carbocycles. The lowest BCUT2D eigenvalue weighted by molar-refractivity contribution is -0.140. The van der Waals surface area contributed by atoms with Crippen molar-refractivity contribution in [2.75, 3.05) is 18.0 Å². The molecule has 5 heteroatoms. The molecule has 0 fully saturated rings. The molecular formula is C17H20N2O2S. The van der Waals surface area contributed by atoms with E-state index < -0.39 is 11.9 Å². The summed E-state index contributed by atoms with van der Waals surface area (Å²) in [5, 5.41) is 12.0. The minimum Gasteiger partial charge on any atom is -0.481 e. The summed E-state index contributed by atoms with van der Waals surface area (Å²) in [7, 11) is 0. The Balaban J connectivity index is 2.22. The van der Waals surface area contributed by atoms with E-state index in [2.05, 4.69) is 11.6 Å². The van der Waals surface area contributed by atoms with Gasteiger partial charge in [-0.3, -0.25) is 4.79 Å². The molecule has 1 aromatic carbocycles. The van der Waals surface area contributed by atoms with Crippen LogP contribution in [0.3, 0.4) is 0 Å². The molecule has 1 aromatic heterocycles. The highest BCUT2D eigenvalue weighted by Gasteiger charge is 2.19. The van der Waals surface area contributed by atoms with Crippen LogP contribution in [0.25, 0.3) is 11.3 Å². The number of aliphatic carboxylic acids is 1. The monoisotopic (exact) mass is 316 g/mol. The molecule has 1 heterocycles. The van der Waals surface area contributed by atoms with Gasteiger partial charge in [0.15, 0.2) is 5.13 Å². The minimum atomic E-state index is -0.799. The predicted molar refractivity (Wildman–Crippen MR) is 91.4 cm³/mol. The Labute approximate surface area is 134 Å². The standard InChI is InChI=1S/C17H20N2O2S/c1-12(2)9-19(10-13(3)16(20)21)17-18-15(11-22-17)14-7-5-4-6-8-14/h4-8,11,13H,1,9-10H2,2-3H3,(H,20,21). The quantitative estimate of drug-likeness (QED) is 0.787. The molecule has 0 aliphatic heterocycles. The molecule has 0 bridgehead atoms. The highest BCUT2D eigenvalue weighted by Crippen LogP contribution is 2.28. The van der Waals surface area contributed by atoms with Crippen LogP contribution >= 0.6 is 11.3 Å². The summed E-state index contributed by atoms with van der Waals surface area (Å²) in [5.41, 5.74) is 2.95. The van der Waals surface area contributed by atoms with Gasteiger partial charge in [0.1, 0.15) is 0 Å². The summed E-state index contributed by atoms with van der Waals surface area (Å²) in [5.74, 6) is -1.25. The number of anilines is 1. The van der Waals surface area contributed by atoms with E-state index in [1.54, 1.807) is 6.92 Å². The van der Waals surface area contributed by atoms with E-state index in [0.29, 0.717) is 13.1 Å². The van der Waals surface area contributed by atoms with Crippen molar-refractivity contribution in [2.24, 2.45) is 5.92 Å². The Kier molecular flexibility index (Phi) is 5.33. The van der Waals surface area contributed by atoms with Crippen molar-refractivity contribution < 1.29 is 9.90 Å². The maximum Gasteiger partial charge on any atom is 0.308 e. The van der Waals surface area contributed by atoms with Crippen LogP contribution in [0.2, 0.25) is 0 Å². The zero-order chi connectivity index (χ0) is 16.1. The highest BCUT2D eigenvalue weighted by molar-refractivity contribution is 7.14. The first-order valence-electron chi connectivity index (χ1n) is 7.10. The van der Waals surface area contributed by atoms with Crippen molar-refractivity contribution in [2.45, 2.75) is 13.8 Å². The fourth-order valence-corrected chi connectivity index (χ4v) is 2.94. The van der Waals surface area contributed by atoms with Gasteiger partial charge < -0.3 is 10.0 Å². The molecule has 2 rings (SSSR count). The van der Waals surface area contributed by atoms with Gasteiger partial charge in [-0.2, -0.15) is 0 Å². The van der Waals surface area contributed by atoms with Crippen LogP contribution in [0.5, 0.6) is 0 Å². The summed E-state index contributed by atoms with van der Waals surface area (Å²) in [6, 6.07) is 9.96. The molecule has 0 spiro atoms. The fourth-order valence-electron chi connectivity index (χ4n) is 2.10. The van der Waals surface area contributed by atoms with Gasteiger partial charge in [0.05, 0.1) is 11.6 Å². The zero-order valence-corrected chi connectivity index (χ0v) is 13.6. The van der Waals surface area contributed by atoms with Crippen LogP contribution in [0.4, 0.5) is 5.13 Å². The first kappa shape index (κ1) is 16.2. The lowest BCUT2D eigenvalue weighted by Gasteiger charge is -2.23. The smallest absolute Gasteiger partial charge is 0.308 e. The average molecular weight is 316 g/mol. The topological polar surface area (TPSA) is 53.4 Å². The lowest BCUT2D eigenvalue weighted by Crippen LogP contribution is -2.33. The van der Waals surface area contributed by atoms with Gasteiger partial charge in [-0.15, -0.1) is 11.3 Å². The van der Waals surface area contributed by atoms with Gasteiger partial charge in [-0.1, -0.05) is 49.4 Å². The van der Waals surface area contributed by atoms with Crippen LogP contribution in [-0.4, -0.2) is 29.1 Å². The number of carboxylic acids is 1. The number of thiazole rings is 1. The van der Waals surface area contributed by atoms with E-state index >= 15 is 0 Å². The van der Waals surface area contributed by atoms with Crippen molar-refractivity contribution in [1.82, 2.24) is 4.98 Å². The second-order valence-electron chi connectivity index (χ2n) is 5.46. The summed E-state index contributed by atoms with van der Waals surface area (Å²) < 4.78 is 0. The third-order valence-electron chi connectivity index (χ3n) is 3.21. The van der Waals surface area contributed by atoms with Gasteiger partial charge in [0.2, 0.25) is 0 Å². The summed E-state index contributed by atoms with van der Waals surface area (Å²) in [6.45, 7) is 8.60. The minimum absolute atomic E-state index is 0.421. The molecule has 0 aliphatic carbocycles. The average Bonchev–Trinajstić information content (AvgIpc) is 2.96. The van der Waals surface area contributed by atoms with Crippen molar-refractivity contribution in [3.05, 3.63) is 47.9 Å². The maximum absolute atomic E-state index is 11.1. The summed E-state index contributed by atoms with van der Waals surface area (Å²) in [4.78, 5) is 17.8. The molecule has 2 aromatic rings. The van der Waals surface area contributed by atoms with E-state index in [1.165, 1.54) is 11.3 Å². The first-order valence-corrected chi connectivity index (χ1v) is 7.98. The first-order chi connectivity index (χ1) is 10.5. The van der Waals surface area contributed by atoms with E-state index in [1.807, 2.05) is 47.5 Å². The summed E-state index contributed by atoms with van der Waals surface area (Å²) >= 11 is 1.53. The van der Waals surface area contributed by atoms with Gasteiger partial charge in [-0.05, 0) is 6.92 Å². The number of hydrogen-bond donors (Lipinski definition) is 1. The van der Waals surface area contributed by atoms with Crippen molar-refractivity contribution >= 4 is 22.4 Å². The van der Waals surface area contributed by atoms with Gasteiger partial charge in [0, 0.05) is 24.0 Å². The second kappa shape index (κ2) is 7.22.